The van der Waals surface area contributed by atoms with Gasteiger partial charge in [-0.2, -0.15) is 0 Å². The summed E-state index contributed by atoms with van der Waals surface area (Å²) in [6.07, 6.45) is -0.0800. The Balaban J connectivity index is 1.77. The second kappa shape index (κ2) is 5.67. The number of aryl methyl sites for hydroxylation is 1. The molecule has 2 aromatic carbocycles. The lowest BCUT2D eigenvalue weighted by Gasteiger charge is -2.21. The Morgan fingerprint density at radius 3 is 2.54 bits per heavy atom. The van der Waals surface area contributed by atoms with Crippen molar-refractivity contribution in [2.45, 2.75) is 18.6 Å². The number of carbonyl (C=O) groups is 1. The Morgan fingerprint density at radius 1 is 1.04 bits per heavy atom. The number of hydrogen-bond acceptors (Lipinski definition) is 4. The van der Waals surface area contributed by atoms with Crippen LogP contribution in [0.4, 0.5) is 5.69 Å². The third kappa shape index (κ3) is 2.21. The predicted octanol–water partition coefficient (Wildman–Crippen LogP) is 0.930. The van der Waals surface area contributed by atoms with E-state index in [9.17, 15) is 19.5 Å². The van der Waals surface area contributed by atoms with E-state index in [1.54, 1.807) is 55.6 Å². The Bertz CT molecular complexity index is 1160. The lowest BCUT2D eigenvalue weighted by atomic mass is 9.92. The SMILES string of the molecule is Cn1c(=O)n(CC[C@]2(O)C(=O)Nc3ccccc32)c(=O)c2ccccc21. The van der Waals surface area contributed by atoms with Crippen LogP contribution in [0.2, 0.25) is 0 Å². The number of benzene rings is 2. The summed E-state index contributed by atoms with van der Waals surface area (Å²) in [5.41, 5.74) is -1.15. The van der Waals surface area contributed by atoms with Crippen LogP contribution < -0.4 is 16.6 Å². The highest BCUT2D eigenvalue weighted by atomic mass is 16.3. The van der Waals surface area contributed by atoms with E-state index in [0.29, 0.717) is 22.2 Å². The van der Waals surface area contributed by atoms with Gasteiger partial charge in [-0.25, -0.2) is 4.79 Å². The van der Waals surface area contributed by atoms with Crippen molar-refractivity contribution in [3.8, 4) is 0 Å². The molecule has 0 unspecified atom stereocenters. The third-order valence-corrected chi connectivity index (χ3v) is 4.95. The number of hydrogen-bond donors (Lipinski definition) is 2. The largest absolute Gasteiger partial charge is 0.375 e. The summed E-state index contributed by atoms with van der Waals surface area (Å²) in [7, 11) is 1.59. The molecule has 4 rings (SSSR count). The average molecular weight is 351 g/mol. The molecular weight excluding hydrogens is 334 g/mol. The molecule has 1 aromatic heterocycles. The van der Waals surface area contributed by atoms with Crippen LogP contribution in [0.1, 0.15) is 12.0 Å². The van der Waals surface area contributed by atoms with Gasteiger partial charge in [0.1, 0.15) is 0 Å². The van der Waals surface area contributed by atoms with Crippen LogP contribution in [0.5, 0.6) is 0 Å². The molecule has 1 amide bonds. The number of rotatable bonds is 3. The summed E-state index contributed by atoms with van der Waals surface area (Å²) in [5, 5.41) is 14.0. The molecule has 2 N–H and O–H groups in total. The minimum Gasteiger partial charge on any atom is -0.375 e. The summed E-state index contributed by atoms with van der Waals surface area (Å²) in [6, 6.07) is 13.7. The standard InChI is InChI=1S/C19H17N3O4/c1-21-15-9-5-2-6-12(15)16(23)22(18(21)25)11-10-19(26)13-7-3-4-8-14(13)20-17(19)24/h2-9,26H,10-11H2,1H3,(H,20,24)/t19-/m1/s1. The molecule has 1 atom stereocenters. The van der Waals surface area contributed by atoms with Gasteiger partial charge in [-0.15, -0.1) is 0 Å². The summed E-state index contributed by atoms with van der Waals surface area (Å²) in [4.78, 5) is 37.6. The first-order valence-electron chi connectivity index (χ1n) is 8.25. The molecule has 1 aliphatic heterocycles. The second-order valence-electron chi connectivity index (χ2n) is 6.43. The van der Waals surface area contributed by atoms with Crippen LogP contribution in [0, 0.1) is 0 Å². The number of anilines is 1. The summed E-state index contributed by atoms with van der Waals surface area (Å²) in [5.74, 6) is -0.552. The summed E-state index contributed by atoms with van der Waals surface area (Å²) < 4.78 is 2.46. The molecule has 0 bridgehead atoms. The van der Waals surface area contributed by atoms with Crippen LogP contribution >= 0.6 is 0 Å². The molecule has 0 spiro atoms. The Morgan fingerprint density at radius 2 is 1.73 bits per heavy atom. The molecule has 7 heteroatoms. The van der Waals surface area contributed by atoms with Gasteiger partial charge >= 0.3 is 5.69 Å². The molecule has 132 valence electrons. The van der Waals surface area contributed by atoms with Gasteiger partial charge in [0.25, 0.3) is 11.5 Å². The molecular formula is C19H17N3O4. The number of fused-ring (bicyclic) bond motifs is 2. The maximum Gasteiger partial charge on any atom is 0.331 e. The molecule has 7 nitrogen and oxygen atoms in total. The molecule has 3 aromatic rings. The predicted molar refractivity (Wildman–Crippen MR) is 97.0 cm³/mol. The molecule has 0 saturated carbocycles. The highest BCUT2D eigenvalue weighted by molar-refractivity contribution is 6.04. The fourth-order valence-electron chi connectivity index (χ4n) is 3.48. The van der Waals surface area contributed by atoms with Crippen molar-refractivity contribution in [1.82, 2.24) is 9.13 Å². The van der Waals surface area contributed by atoms with Crippen molar-refractivity contribution >= 4 is 22.5 Å². The van der Waals surface area contributed by atoms with Gasteiger partial charge in [-0.3, -0.25) is 18.7 Å². The Kier molecular flexibility index (Phi) is 3.55. The maximum absolute atomic E-state index is 12.7. The molecule has 0 aliphatic carbocycles. The van der Waals surface area contributed by atoms with Crippen LogP contribution in [0.3, 0.4) is 0 Å². The third-order valence-electron chi connectivity index (χ3n) is 4.95. The first-order valence-corrected chi connectivity index (χ1v) is 8.25. The zero-order chi connectivity index (χ0) is 18.5. The van der Waals surface area contributed by atoms with Crippen molar-refractivity contribution < 1.29 is 9.90 Å². The molecule has 2 heterocycles. The van der Waals surface area contributed by atoms with Gasteiger partial charge in [-0.1, -0.05) is 30.3 Å². The summed E-state index contributed by atoms with van der Waals surface area (Å²) >= 11 is 0. The van der Waals surface area contributed by atoms with E-state index in [4.69, 9.17) is 0 Å². The fraction of sp³-hybridized carbons (Fsp3) is 0.211. The zero-order valence-corrected chi connectivity index (χ0v) is 14.1. The van der Waals surface area contributed by atoms with Crippen LogP contribution in [0.25, 0.3) is 10.9 Å². The van der Waals surface area contributed by atoms with Crippen molar-refractivity contribution in [2.75, 3.05) is 5.32 Å². The number of nitrogens with zero attached hydrogens (tertiary/aromatic N) is 2. The number of carbonyl (C=O) groups excluding carboxylic acids is 1. The first kappa shape index (κ1) is 16.3. The van der Waals surface area contributed by atoms with E-state index in [-0.39, 0.29) is 13.0 Å². The summed E-state index contributed by atoms with van der Waals surface area (Å²) in [6.45, 7) is -0.0748. The van der Waals surface area contributed by atoms with Crippen molar-refractivity contribution in [1.29, 1.82) is 0 Å². The van der Waals surface area contributed by atoms with Crippen LogP contribution in [-0.4, -0.2) is 20.1 Å². The van der Waals surface area contributed by atoms with Gasteiger partial charge in [0.2, 0.25) is 0 Å². The quantitative estimate of drug-likeness (QED) is 0.734. The second-order valence-corrected chi connectivity index (χ2v) is 6.43. The average Bonchev–Trinajstić information content (AvgIpc) is 2.91. The number of nitrogens with one attached hydrogen (secondary N) is 1. The Hall–Kier alpha value is -3.19. The molecule has 1 aliphatic rings. The van der Waals surface area contributed by atoms with Gasteiger partial charge in [0, 0.05) is 31.3 Å². The number of para-hydroxylation sites is 2. The van der Waals surface area contributed by atoms with Gasteiger partial charge in [0.15, 0.2) is 5.60 Å². The van der Waals surface area contributed by atoms with Gasteiger partial charge in [0.05, 0.1) is 10.9 Å². The number of aromatic nitrogens is 2. The monoisotopic (exact) mass is 351 g/mol. The maximum atomic E-state index is 12.7. The number of amides is 1. The minimum atomic E-state index is -1.77. The number of aliphatic hydroxyl groups is 1. The van der Waals surface area contributed by atoms with Crippen molar-refractivity contribution in [2.24, 2.45) is 7.05 Å². The molecule has 0 fully saturated rings. The van der Waals surface area contributed by atoms with Crippen molar-refractivity contribution in [3.63, 3.8) is 0 Å². The van der Waals surface area contributed by atoms with Gasteiger partial charge in [-0.05, 0) is 18.2 Å². The van der Waals surface area contributed by atoms with E-state index < -0.39 is 22.8 Å². The van der Waals surface area contributed by atoms with Crippen LogP contribution in [-0.2, 0) is 24.0 Å². The lowest BCUT2D eigenvalue weighted by Crippen LogP contribution is -2.42. The molecule has 0 saturated heterocycles. The van der Waals surface area contributed by atoms with Crippen molar-refractivity contribution in [3.05, 3.63) is 74.9 Å². The van der Waals surface area contributed by atoms with E-state index in [2.05, 4.69) is 5.32 Å². The van der Waals surface area contributed by atoms with E-state index in [1.165, 1.54) is 4.57 Å². The van der Waals surface area contributed by atoms with E-state index >= 15 is 0 Å². The lowest BCUT2D eigenvalue weighted by molar-refractivity contribution is -0.134. The zero-order valence-electron chi connectivity index (χ0n) is 14.1. The topological polar surface area (TPSA) is 93.3 Å². The van der Waals surface area contributed by atoms with E-state index in [1.807, 2.05) is 0 Å². The highest BCUT2D eigenvalue weighted by Crippen LogP contribution is 2.38. The molecule has 0 radical (unpaired) electrons. The normalized spacial score (nSPS) is 18.8. The Labute approximate surface area is 148 Å². The molecule has 26 heavy (non-hydrogen) atoms. The highest BCUT2D eigenvalue weighted by Gasteiger charge is 2.44. The fourth-order valence-corrected chi connectivity index (χ4v) is 3.48. The first-order chi connectivity index (χ1) is 12.4. The van der Waals surface area contributed by atoms with Crippen LogP contribution in [0.15, 0.2) is 58.1 Å². The van der Waals surface area contributed by atoms with Gasteiger partial charge < -0.3 is 10.4 Å². The smallest absolute Gasteiger partial charge is 0.331 e. The van der Waals surface area contributed by atoms with E-state index in [0.717, 1.165) is 4.57 Å². The minimum absolute atomic E-state index is 0.0748.